The van der Waals surface area contributed by atoms with E-state index in [2.05, 4.69) is 10.1 Å². The molecule has 0 unspecified atom stereocenters. The van der Waals surface area contributed by atoms with Crippen LogP contribution in [0.25, 0.3) is 0 Å². The molecule has 96 valence electrons. The number of para-hydroxylation sites is 1. The van der Waals surface area contributed by atoms with Gasteiger partial charge in [0.25, 0.3) is 0 Å². The van der Waals surface area contributed by atoms with Crippen LogP contribution >= 0.6 is 0 Å². The molecule has 0 aliphatic carbocycles. The Balaban J connectivity index is 2.63. The van der Waals surface area contributed by atoms with Gasteiger partial charge in [0.2, 0.25) is 0 Å². The highest BCUT2D eigenvalue weighted by molar-refractivity contribution is 5.33. The number of rotatable bonds is 7. The Labute approximate surface area is 99.4 Å². The Morgan fingerprint density at radius 2 is 2.06 bits per heavy atom. The maximum Gasteiger partial charge on any atom is 0.387 e. The molecule has 1 aromatic rings. The van der Waals surface area contributed by atoms with Crippen molar-refractivity contribution in [2.75, 3.05) is 6.61 Å². The summed E-state index contributed by atoms with van der Waals surface area (Å²) in [7, 11) is 0. The lowest BCUT2D eigenvalue weighted by molar-refractivity contribution is -0.0505. The van der Waals surface area contributed by atoms with E-state index in [0.29, 0.717) is 12.1 Å². The average molecular weight is 245 g/mol. The second-order valence-electron chi connectivity index (χ2n) is 3.65. The molecule has 0 saturated heterocycles. The fraction of sp³-hybridized carbons (Fsp3) is 0.500. The summed E-state index contributed by atoms with van der Waals surface area (Å²) in [6.07, 6.45) is 0.772. The highest BCUT2D eigenvalue weighted by Crippen LogP contribution is 2.20. The van der Waals surface area contributed by atoms with Gasteiger partial charge in [0.15, 0.2) is 0 Å². The maximum atomic E-state index is 12.1. The van der Waals surface area contributed by atoms with E-state index in [1.807, 2.05) is 6.92 Å². The van der Waals surface area contributed by atoms with E-state index in [9.17, 15) is 8.78 Å². The van der Waals surface area contributed by atoms with Gasteiger partial charge >= 0.3 is 6.61 Å². The zero-order chi connectivity index (χ0) is 12.7. The van der Waals surface area contributed by atoms with Gasteiger partial charge in [0.05, 0.1) is 6.61 Å². The fourth-order valence-corrected chi connectivity index (χ4v) is 1.45. The third-order valence-corrected chi connectivity index (χ3v) is 2.48. The van der Waals surface area contributed by atoms with Gasteiger partial charge in [-0.3, -0.25) is 0 Å². The number of hydrogen-bond acceptors (Lipinski definition) is 3. The first kappa shape index (κ1) is 13.9. The molecule has 0 spiro atoms. The van der Waals surface area contributed by atoms with E-state index in [-0.39, 0.29) is 18.4 Å². The Hall–Kier alpha value is -1.20. The molecule has 3 nitrogen and oxygen atoms in total. The second-order valence-corrected chi connectivity index (χ2v) is 3.65. The Kier molecular flexibility index (Phi) is 5.86. The molecule has 0 aromatic heterocycles. The van der Waals surface area contributed by atoms with Crippen LogP contribution < -0.4 is 10.1 Å². The number of nitrogens with one attached hydrogen (secondary N) is 1. The summed E-state index contributed by atoms with van der Waals surface area (Å²) in [5, 5.41) is 12.1. The number of alkyl halides is 2. The third kappa shape index (κ3) is 4.66. The van der Waals surface area contributed by atoms with Crippen LogP contribution in [0.15, 0.2) is 24.3 Å². The molecule has 1 rings (SSSR count). The number of hydrogen-bond donors (Lipinski definition) is 2. The van der Waals surface area contributed by atoms with E-state index in [1.165, 1.54) is 6.07 Å². The van der Waals surface area contributed by atoms with Gasteiger partial charge < -0.3 is 15.2 Å². The van der Waals surface area contributed by atoms with Crippen molar-refractivity contribution in [3.63, 3.8) is 0 Å². The normalized spacial score (nSPS) is 12.8. The third-order valence-electron chi connectivity index (χ3n) is 2.48. The van der Waals surface area contributed by atoms with Gasteiger partial charge in [-0.25, -0.2) is 0 Å². The lowest BCUT2D eigenvalue weighted by Gasteiger charge is -2.16. The predicted octanol–water partition coefficient (Wildman–Crippen LogP) is 2.15. The van der Waals surface area contributed by atoms with Crippen molar-refractivity contribution in [3.05, 3.63) is 29.8 Å². The lowest BCUT2D eigenvalue weighted by atomic mass is 10.1. The molecule has 1 atom stereocenters. The fourth-order valence-electron chi connectivity index (χ4n) is 1.45. The van der Waals surface area contributed by atoms with Crippen molar-refractivity contribution in [2.24, 2.45) is 0 Å². The van der Waals surface area contributed by atoms with Gasteiger partial charge in [-0.2, -0.15) is 8.78 Å². The first-order valence-corrected chi connectivity index (χ1v) is 5.54. The smallest absolute Gasteiger partial charge is 0.387 e. The molecule has 0 radical (unpaired) electrons. The number of halogens is 2. The molecule has 0 bridgehead atoms. The molecule has 2 N–H and O–H groups in total. The van der Waals surface area contributed by atoms with Crippen molar-refractivity contribution in [2.45, 2.75) is 32.5 Å². The maximum absolute atomic E-state index is 12.1. The first-order valence-electron chi connectivity index (χ1n) is 5.54. The number of aliphatic hydroxyl groups excluding tert-OH is 1. The summed E-state index contributed by atoms with van der Waals surface area (Å²) >= 11 is 0. The quantitative estimate of drug-likeness (QED) is 0.773. The molecule has 0 aliphatic heterocycles. The van der Waals surface area contributed by atoms with Gasteiger partial charge in [-0.1, -0.05) is 25.1 Å². The molecule has 17 heavy (non-hydrogen) atoms. The standard InChI is InChI=1S/C12H17F2NO2/c1-2-10(8-16)15-7-9-5-3-4-6-11(9)17-12(13)14/h3-6,10,12,15-16H,2,7-8H2,1H3/t10-/m0/s1. The molecule has 0 amide bonds. The van der Waals surface area contributed by atoms with Crippen LogP contribution in [0.5, 0.6) is 5.75 Å². The van der Waals surface area contributed by atoms with Crippen LogP contribution in [0.4, 0.5) is 8.78 Å². The average Bonchev–Trinajstić information content (AvgIpc) is 2.31. The molecular weight excluding hydrogens is 228 g/mol. The Morgan fingerprint density at radius 1 is 1.35 bits per heavy atom. The number of ether oxygens (including phenoxy) is 1. The van der Waals surface area contributed by atoms with Crippen molar-refractivity contribution in [3.8, 4) is 5.75 Å². The topological polar surface area (TPSA) is 41.5 Å². The minimum Gasteiger partial charge on any atom is -0.434 e. The molecule has 0 fully saturated rings. The highest BCUT2D eigenvalue weighted by atomic mass is 19.3. The summed E-state index contributed by atoms with van der Waals surface area (Å²) in [5.74, 6) is 0.169. The van der Waals surface area contributed by atoms with Gasteiger partial charge in [-0.15, -0.1) is 0 Å². The summed E-state index contributed by atoms with van der Waals surface area (Å²) in [6, 6.07) is 6.59. The van der Waals surface area contributed by atoms with E-state index in [4.69, 9.17) is 5.11 Å². The van der Waals surface area contributed by atoms with Crippen molar-refractivity contribution in [1.29, 1.82) is 0 Å². The SMILES string of the molecule is CC[C@@H](CO)NCc1ccccc1OC(F)F. The van der Waals surface area contributed by atoms with Crippen LogP contribution in [0.1, 0.15) is 18.9 Å². The Morgan fingerprint density at radius 3 is 2.65 bits per heavy atom. The monoisotopic (exact) mass is 245 g/mol. The summed E-state index contributed by atoms with van der Waals surface area (Å²) in [5.41, 5.74) is 0.653. The minimum absolute atomic E-state index is 0.0222. The van der Waals surface area contributed by atoms with Crippen molar-refractivity contribution >= 4 is 0 Å². The molecule has 0 saturated carbocycles. The van der Waals surface area contributed by atoms with E-state index >= 15 is 0 Å². The largest absolute Gasteiger partial charge is 0.434 e. The van der Waals surface area contributed by atoms with Crippen LogP contribution in [-0.2, 0) is 6.54 Å². The van der Waals surface area contributed by atoms with Crippen LogP contribution in [-0.4, -0.2) is 24.4 Å². The zero-order valence-electron chi connectivity index (χ0n) is 9.70. The lowest BCUT2D eigenvalue weighted by Crippen LogP contribution is -2.31. The van der Waals surface area contributed by atoms with Gasteiger partial charge in [-0.05, 0) is 12.5 Å². The van der Waals surface area contributed by atoms with Crippen molar-refractivity contribution in [1.82, 2.24) is 5.32 Å². The zero-order valence-corrected chi connectivity index (χ0v) is 9.70. The molecular formula is C12H17F2NO2. The first-order chi connectivity index (χ1) is 8.17. The summed E-state index contributed by atoms with van der Waals surface area (Å²) in [6.45, 7) is -0.470. The molecule has 1 aromatic carbocycles. The van der Waals surface area contributed by atoms with E-state index < -0.39 is 6.61 Å². The van der Waals surface area contributed by atoms with Crippen LogP contribution in [0, 0.1) is 0 Å². The number of aliphatic hydroxyl groups is 1. The van der Waals surface area contributed by atoms with E-state index in [0.717, 1.165) is 6.42 Å². The van der Waals surface area contributed by atoms with Crippen molar-refractivity contribution < 1.29 is 18.6 Å². The molecule has 5 heteroatoms. The molecule has 0 heterocycles. The predicted molar refractivity (Wildman–Crippen MR) is 61.1 cm³/mol. The minimum atomic E-state index is -2.82. The Bertz CT molecular complexity index is 330. The highest BCUT2D eigenvalue weighted by Gasteiger charge is 2.10. The van der Waals surface area contributed by atoms with E-state index in [1.54, 1.807) is 18.2 Å². The number of benzene rings is 1. The summed E-state index contributed by atoms with van der Waals surface area (Å²) < 4.78 is 28.7. The van der Waals surface area contributed by atoms with Crippen LogP contribution in [0.2, 0.25) is 0 Å². The summed E-state index contributed by atoms with van der Waals surface area (Å²) in [4.78, 5) is 0. The second kappa shape index (κ2) is 7.19. The molecule has 0 aliphatic rings. The van der Waals surface area contributed by atoms with Crippen LogP contribution in [0.3, 0.4) is 0 Å². The van der Waals surface area contributed by atoms with Gasteiger partial charge in [0.1, 0.15) is 5.75 Å². The van der Waals surface area contributed by atoms with Gasteiger partial charge in [0, 0.05) is 18.2 Å².